The fourth-order valence-electron chi connectivity index (χ4n) is 3.22. The Morgan fingerprint density at radius 2 is 1.72 bits per heavy atom. The van der Waals surface area contributed by atoms with Gasteiger partial charge in [0.2, 0.25) is 0 Å². The molecule has 0 saturated heterocycles. The molecular formula is C21H27NO3. The molecule has 0 atom stereocenters. The molecule has 4 nitrogen and oxygen atoms in total. The van der Waals surface area contributed by atoms with Gasteiger partial charge in [0.05, 0.1) is 13.2 Å². The Kier molecular flexibility index (Phi) is 6.31. The number of hydrogen-bond donors (Lipinski definition) is 2. The molecule has 0 heterocycles. The lowest BCUT2D eigenvalue weighted by atomic mass is 9.93. The lowest BCUT2D eigenvalue weighted by Gasteiger charge is -2.26. The average Bonchev–Trinajstić information content (AvgIpc) is 2.67. The van der Waals surface area contributed by atoms with Crippen LogP contribution in [0.3, 0.4) is 0 Å². The van der Waals surface area contributed by atoms with E-state index in [1.54, 1.807) is 7.11 Å². The average molecular weight is 341 g/mol. The van der Waals surface area contributed by atoms with E-state index >= 15 is 0 Å². The quantitative estimate of drug-likeness (QED) is 0.807. The van der Waals surface area contributed by atoms with Gasteiger partial charge in [-0.05, 0) is 48.9 Å². The maximum absolute atomic E-state index is 9.59. The zero-order chi connectivity index (χ0) is 17.5. The minimum atomic E-state index is -0.112. The van der Waals surface area contributed by atoms with Gasteiger partial charge in [0, 0.05) is 12.6 Å². The predicted molar refractivity (Wildman–Crippen MR) is 98.9 cm³/mol. The third-order valence-electron chi connectivity index (χ3n) is 4.76. The van der Waals surface area contributed by atoms with Crippen LogP contribution in [0, 0.1) is 0 Å². The molecule has 1 aliphatic carbocycles. The largest absolute Gasteiger partial charge is 0.493 e. The van der Waals surface area contributed by atoms with Crippen molar-refractivity contribution in [2.45, 2.75) is 51.0 Å². The van der Waals surface area contributed by atoms with Gasteiger partial charge in [0.15, 0.2) is 11.5 Å². The second-order valence-corrected chi connectivity index (χ2v) is 6.65. The number of aliphatic hydroxyl groups excluding tert-OH is 1. The first-order chi connectivity index (χ1) is 12.2. The van der Waals surface area contributed by atoms with Gasteiger partial charge in [-0.3, -0.25) is 0 Å². The van der Waals surface area contributed by atoms with E-state index in [1.165, 1.54) is 5.56 Å². The molecule has 0 aliphatic heterocycles. The minimum absolute atomic E-state index is 0.112. The molecule has 0 radical (unpaired) electrons. The summed E-state index contributed by atoms with van der Waals surface area (Å²) in [6.07, 6.45) is 3.76. The molecule has 1 fully saturated rings. The van der Waals surface area contributed by atoms with Crippen LogP contribution in [-0.2, 0) is 13.2 Å². The standard InChI is InChI=1S/C21H27NO3/c1-24-21-13-17(14-22-18-8-10-19(23)11-9-18)7-12-20(21)25-15-16-5-3-2-4-6-16/h2-7,12-13,18-19,22-23H,8-11,14-15H2,1H3. The summed E-state index contributed by atoms with van der Waals surface area (Å²) in [5, 5.41) is 13.2. The number of rotatable bonds is 7. The minimum Gasteiger partial charge on any atom is -0.493 e. The molecule has 0 unspecified atom stereocenters. The van der Waals surface area contributed by atoms with Gasteiger partial charge in [-0.2, -0.15) is 0 Å². The van der Waals surface area contributed by atoms with Gasteiger partial charge in [0.25, 0.3) is 0 Å². The summed E-state index contributed by atoms with van der Waals surface area (Å²) in [6.45, 7) is 1.33. The third-order valence-corrected chi connectivity index (χ3v) is 4.76. The Morgan fingerprint density at radius 1 is 0.960 bits per heavy atom. The summed E-state index contributed by atoms with van der Waals surface area (Å²) in [4.78, 5) is 0. The molecule has 3 rings (SSSR count). The van der Waals surface area contributed by atoms with Crippen LogP contribution in [0.1, 0.15) is 36.8 Å². The van der Waals surface area contributed by atoms with Crippen molar-refractivity contribution in [3.8, 4) is 11.5 Å². The SMILES string of the molecule is COc1cc(CNC2CCC(O)CC2)ccc1OCc1ccccc1. The van der Waals surface area contributed by atoms with E-state index in [1.807, 2.05) is 42.5 Å². The van der Waals surface area contributed by atoms with Crippen molar-refractivity contribution in [2.75, 3.05) is 7.11 Å². The molecule has 0 amide bonds. The van der Waals surface area contributed by atoms with Crippen molar-refractivity contribution >= 4 is 0 Å². The van der Waals surface area contributed by atoms with Crippen molar-refractivity contribution < 1.29 is 14.6 Å². The van der Waals surface area contributed by atoms with Crippen LogP contribution in [0.25, 0.3) is 0 Å². The topological polar surface area (TPSA) is 50.7 Å². The molecule has 4 heteroatoms. The summed E-state index contributed by atoms with van der Waals surface area (Å²) >= 11 is 0. The summed E-state index contributed by atoms with van der Waals surface area (Å²) in [5.41, 5.74) is 2.31. The van der Waals surface area contributed by atoms with Crippen LogP contribution in [0.5, 0.6) is 11.5 Å². The molecule has 2 N–H and O–H groups in total. The highest BCUT2D eigenvalue weighted by atomic mass is 16.5. The molecule has 1 aliphatic rings. The van der Waals surface area contributed by atoms with E-state index in [9.17, 15) is 5.11 Å². The van der Waals surface area contributed by atoms with E-state index in [-0.39, 0.29) is 6.10 Å². The lowest BCUT2D eigenvalue weighted by molar-refractivity contribution is 0.116. The van der Waals surface area contributed by atoms with E-state index in [2.05, 4.69) is 11.4 Å². The highest BCUT2D eigenvalue weighted by Gasteiger charge is 2.18. The molecule has 0 aromatic heterocycles. The van der Waals surface area contributed by atoms with E-state index in [4.69, 9.17) is 9.47 Å². The predicted octanol–water partition coefficient (Wildman–Crippen LogP) is 3.67. The van der Waals surface area contributed by atoms with Crippen LogP contribution in [-0.4, -0.2) is 24.4 Å². The van der Waals surface area contributed by atoms with E-state index in [0.717, 1.165) is 49.3 Å². The third kappa shape index (κ3) is 5.21. The maximum atomic E-state index is 9.59. The highest BCUT2D eigenvalue weighted by molar-refractivity contribution is 5.43. The molecular weight excluding hydrogens is 314 g/mol. The number of methoxy groups -OCH3 is 1. The van der Waals surface area contributed by atoms with E-state index < -0.39 is 0 Å². The normalized spacial score (nSPS) is 20.2. The second kappa shape index (κ2) is 8.88. The van der Waals surface area contributed by atoms with Gasteiger partial charge in [-0.15, -0.1) is 0 Å². The van der Waals surface area contributed by atoms with Crippen molar-refractivity contribution in [1.82, 2.24) is 5.32 Å². The molecule has 134 valence electrons. The van der Waals surface area contributed by atoms with Crippen LogP contribution < -0.4 is 14.8 Å². The van der Waals surface area contributed by atoms with Crippen LogP contribution >= 0.6 is 0 Å². The van der Waals surface area contributed by atoms with Crippen molar-refractivity contribution in [3.63, 3.8) is 0 Å². The lowest BCUT2D eigenvalue weighted by Crippen LogP contribution is -2.34. The zero-order valence-corrected chi connectivity index (χ0v) is 14.8. The van der Waals surface area contributed by atoms with Gasteiger partial charge >= 0.3 is 0 Å². The summed E-state index contributed by atoms with van der Waals surface area (Å²) in [7, 11) is 1.67. The van der Waals surface area contributed by atoms with Gasteiger partial charge < -0.3 is 19.9 Å². The van der Waals surface area contributed by atoms with Crippen molar-refractivity contribution in [3.05, 3.63) is 59.7 Å². The number of hydrogen-bond acceptors (Lipinski definition) is 4. The Labute approximate surface area is 149 Å². The first-order valence-corrected chi connectivity index (χ1v) is 8.99. The number of benzene rings is 2. The van der Waals surface area contributed by atoms with Gasteiger partial charge in [0.1, 0.15) is 6.61 Å². The van der Waals surface area contributed by atoms with Crippen LogP contribution in [0.4, 0.5) is 0 Å². The maximum Gasteiger partial charge on any atom is 0.161 e. The number of aliphatic hydroxyl groups is 1. The van der Waals surface area contributed by atoms with Crippen molar-refractivity contribution in [1.29, 1.82) is 0 Å². The van der Waals surface area contributed by atoms with Crippen molar-refractivity contribution in [2.24, 2.45) is 0 Å². The highest BCUT2D eigenvalue weighted by Crippen LogP contribution is 2.29. The molecule has 2 aromatic carbocycles. The summed E-state index contributed by atoms with van der Waals surface area (Å²) < 4.78 is 11.4. The van der Waals surface area contributed by atoms with E-state index in [0.29, 0.717) is 12.6 Å². The molecule has 1 saturated carbocycles. The van der Waals surface area contributed by atoms with Gasteiger partial charge in [-0.25, -0.2) is 0 Å². The Hall–Kier alpha value is -2.04. The molecule has 2 aromatic rings. The van der Waals surface area contributed by atoms with Gasteiger partial charge in [-0.1, -0.05) is 36.4 Å². The number of nitrogens with one attached hydrogen (secondary N) is 1. The number of ether oxygens (including phenoxy) is 2. The summed E-state index contributed by atoms with van der Waals surface area (Å²) in [5.74, 6) is 1.52. The first kappa shape index (κ1) is 17.8. The first-order valence-electron chi connectivity index (χ1n) is 8.99. The smallest absolute Gasteiger partial charge is 0.161 e. The second-order valence-electron chi connectivity index (χ2n) is 6.65. The monoisotopic (exact) mass is 341 g/mol. The Morgan fingerprint density at radius 3 is 2.44 bits per heavy atom. The van der Waals surface area contributed by atoms with Crippen LogP contribution in [0.2, 0.25) is 0 Å². The summed E-state index contributed by atoms with van der Waals surface area (Å²) in [6, 6.07) is 16.7. The Bertz CT molecular complexity index is 651. The molecule has 25 heavy (non-hydrogen) atoms. The fraction of sp³-hybridized carbons (Fsp3) is 0.429. The Balaban J connectivity index is 1.55. The van der Waals surface area contributed by atoms with Crippen LogP contribution in [0.15, 0.2) is 48.5 Å². The molecule has 0 spiro atoms. The molecule has 0 bridgehead atoms. The fourth-order valence-corrected chi connectivity index (χ4v) is 3.22. The zero-order valence-electron chi connectivity index (χ0n) is 14.8.